The third kappa shape index (κ3) is 8.27. The molecule has 0 atom stereocenters. The third-order valence-corrected chi connectivity index (χ3v) is 4.15. The summed E-state index contributed by atoms with van der Waals surface area (Å²) >= 11 is 5.90. The van der Waals surface area contributed by atoms with Crippen molar-refractivity contribution < 1.29 is 23.9 Å². The first-order chi connectivity index (χ1) is 15.3. The second-order valence-electron chi connectivity index (χ2n) is 7.06. The number of methoxy groups -OCH3 is 1. The van der Waals surface area contributed by atoms with Crippen molar-refractivity contribution in [3.05, 3.63) is 53.1 Å². The van der Waals surface area contributed by atoms with Gasteiger partial charge >= 0.3 is 11.8 Å². The number of nitrogens with one attached hydrogen (secondary N) is 3. The van der Waals surface area contributed by atoms with Gasteiger partial charge in [-0.05, 0) is 47.9 Å². The molecule has 9 nitrogen and oxygen atoms in total. The summed E-state index contributed by atoms with van der Waals surface area (Å²) in [6.45, 7) is 4.00. The first-order valence-corrected chi connectivity index (χ1v) is 10.1. The van der Waals surface area contributed by atoms with Crippen molar-refractivity contribution in [1.29, 1.82) is 0 Å². The zero-order chi connectivity index (χ0) is 23.5. The molecule has 0 fully saturated rings. The fraction of sp³-hybridized carbons (Fsp3) is 0.273. The van der Waals surface area contributed by atoms with E-state index in [1.807, 2.05) is 13.8 Å². The number of halogens is 1. The van der Waals surface area contributed by atoms with Gasteiger partial charge in [0.2, 0.25) is 0 Å². The van der Waals surface area contributed by atoms with Crippen LogP contribution in [0.1, 0.15) is 19.4 Å². The molecule has 0 radical (unpaired) electrons. The molecular weight excluding hydrogens is 436 g/mol. The highest BCUT2D eigenvalue weighted by Gasteiger charge is 2.12. The van der Waals surface area contributed by atoms with Gasteiger partial charge in [0.15, 0.2) is 18.1 Å². The molecule has 2 aromatic rings. The molecule has 0 aliphatic heterocycles. The highest BCUT2D eigenvalue weighted by atomic mass is 35.5. The van der Waals surface area contributed by atoms with Gasteiger partial charge in [-0.3, -0.25) is 14.4 Å². The Labute approximate surface area is 191 Å². The number of hydrogen-bond donors (Lipinski definition) is 3. The van der Waals surface area contributed by atoms with Crippen LogP contribution in [0.5, 0.6) is 11.5 Å². The molecule has 0 aromatic heterocycles. The maximum Gasteiger partial charge on any atom is 0.329 e. The Kier molecular flexibility index (Phi) is 9.49. The number of hydrazone groups is 1. The average molecular weight is 461 g/mol. The summed E-state index contributed by atoms with van der Waals surface area (Å²) in [5, 5.41) is 9.45. The summed E-state index contributed by atoms with van der Waals surface area (Å²) in [5.41, 5.74) is 3.30. The molecule has 0 heterocycles. The topological polar surface area (TPSA) is 118 Å². The molecule has 0 aliphatic carbocycles. The molecule has 3 N–H and O–H groups in total. The minimum Gasteiger partial charge on any atom is -0.493 e. The Morgan fingerprint density at radius 3 is 2.56 bits per heavy atom. The van der Waals surface area contributed by atoms with E-state index in [0.717, 1.165) is 0 Å². The molecule has 0 saturated carbocycles. The van der Waals surface area contributed by atoms with E-state index < -0.39 is 11.8 Å². The maximum absolute atomic E-state index is 12.1. The monoisotopic (exact) mass is 460 g/mol. The molecule has 170 valence electrons. The standard InChI is InChI=1S/C22H25ClN4O5/c1-14(2)11-24-21(29)22(30)27-25-12-15-7-8-18(19(9-15)31-3)32-13-20(28)26-17-6-4-5-16(23)10-17/h4-10,12,14H,11,13H2,1-3H3,(H,24,29)(H,26,28)(H,27,30)/b25-12-. The van der Waals surface area contributed by atoms with E-state index in [0.29, 0.717) is 34.3 Å². The van der Waals surface area contributed by atoms with E-state index in [1.54, 1.807) is 42.5 Å². The third-order valence-electron chi connectivity index (χ3n) is 3.91. The summed E-state index contributed by atoms with van der Waals surface area (Å²) < 4.78 is 10.8. The van der Waals surface area contributed by atoms with Crippen LogP contribution in [0.2, 0.25) is 5.02 Å². The molecule has 32 heavy (non-hydrogen) atoms. The van der Waals surface area contributed by atoms with Gasteiger partial charge in [-0.1, -0.05) is 31.5 Å². The molecule has 0 spiro atoms. The van der Waals surface area contributed by atoms with Gasteiger partial charge in [0.1, 0.15) is 0 Å². The predicted octanol–water partition coefficient (Wildman–Crippen LogP) is 2.59. The number of nitrogens with zero attached hydrogens (tertiary/aromatic N) is 1. The number of benzene rings is 2. The van der Waals surface area contributed by atoms with Crippen LogP contribution in [-0.4, -0.2) is 44.2 Å². The van der Waals surface area contributed by atoms with Crippen molar-refractivity contribution in [2.75, 3.05) is 25.6 Å². The van der Waals surface area contributed by atoms with Crippen LogP contribution >= 0.6 is 11.6 Å². The zero-order valence-corrected chi connectivity index (χ0v) is 18.7. The summed E-state index contributed by atoms with van der Waals surface area (Å²) in [6.07, 6.45) is 1.35. The van der Waals surface area contributed by atoms with Crippen molar-refractivity contribution in [2.24, 2.45) is 11.0 Å². The highest BCUT2D eigenvalue weighted by Crippen LogP contribution is 2.27. The second-order valence-corrected chi connectivity index (χ2v) is 7.50. The van der Waals surface area contributed by atoms with Crippen molar-refractivity contribution in [2.45, 2.75) is 13.8 Å². The van der Waals surface area contributed by atoms with Crippen LogP contribution in [-0.2, 0) is 14.4 Å². The largest absolute Gasteiger partial charge is 0.493 e. The van der Waals surface area contributed by atoms with Gasteiger partial charge in [0.05, 0.1) is 13.3 Å². The second kappa shape index (κ2) is 12.3. The maximum atomic E-state index is 12.1. The van der Waals surface area contributed by atoms with Gasteiger partial charge < -0.3 is 20.1 Å². The van der Waals surface area contributed by atoms with E-state index in [4.69, 9.17) is 21.1 Å². The molecule has 0 saturated heterocycles. The van der Waals surface area contributed by atoms with Gasteiger partial charge in [0, 0.05) is 17.3 Å². The summed E-state index contributed by atoms with van der Waals surface area (Å²) in [7, 11) is 1.45. The van der Waals surface area contributed by atoms with E-state index in [2.05, 4.69) is 21.2 Å². The molecule has 0 unspecified atom stereocenters. The lowest BCUT2D eigenvalue weighted by molar-refractivity contribution is -0.139. The van der Waals surface area contributed by atoms with Crippen LogP contribution in [0.4, 0.5) is 5.69 Å². The van der Waals surface area contributed by atoms with E-state index in [-0.39, 0.29) is 18.4 Å². The Balaban J connectivity index is 1.90. The lowest BCUT2D eigenvalue weighted by atomic mass is 10.2. The SMILES string of the molecule is COc1cc(/C=N\NC(=O)C(=O)NCC(C)C)ccc1OCC(=O)Nc1cccc(Cl)c1. The fourth-order valence-corrected chi connectivity index (χ4v) is 2.57. The van der Waals surface area contributed by atoms with Gasteiger partial charge in [-0.2, -0.15) is 5.10 Å². The predicted molar refractivity (Wildman–Crippen MR) is 122 cm³/mol. The Bertz CT molecular complexity index is 994. The molecule has 2 rings (SSSR count). The number of carbonyl (C=O) groups excluding carboxylic acids is 3. The van der Waals surface area contributed by atoms with Crippen molar-refractivity contribution >= 4 is 41.2 Å². The molecule has 3 amide bonds. The minimum atomic E-state index is -0.862. The number of ether oxygens (including phenoxy) is 2. The number of hydrogen-bond acceptors (Lipinski definition) is 6. The fourth-order valence-electron chi connectivity index (χ4n) is 2.38. The van der Waals surface area contributed by atoms with Crippen molar-refractivity contribution in [3.8, 4) is 11.5 Å². The van der Waals surface area contributed by atoms with E-state index in [1.165, 1.54) is 13.3 Å². The van der Waals surface area contributed by atoms with Crippen LogP contribution in [0.25, 0.3) is 0 Å². The minimum absolute atomic E-state index is 0.228. The van der Waals surface area contributed by atoms with Gasteiger partial charge in [0.25, 0.3) is 5.91 Å². The van der Waals surface area contributed by atoms with Crippen LogP contribution in [0, 0.1) is 5.92 Å². The molecule has 0 aliphatic rings. The smallest absolute Gasteiger partial charge is 0.329 e. The summed E-state index contributed by atoms with van der Waals surface area (Å²) in [5.74, 6) is -1.04. The molecule has 0 bridgehead atoms. The van der Waals surface area contributed by atoms with Crippen LogP contribution in [0.3, 0.4) is 0 Å². The van der Waals surface area contributed by atoms with Crippen LogP contribution in [0.15, 0.2) is 47.6 Å². The van der Waals surface area contributed by atoms with E-state index in [9.17, 15) is 14.4 Å². The first kappa shape index (κ1) is 24.7. The number of anilines is 1. The van der Waals surface area contributed by atoms with Crippen LogP contribution < -0.4 is 25.5 Å². The lowest BCUT2D eigenvalue weighted by Crippen LogP contribution is -2.39. The Morgan fingerprint density at radius 2 is 1.88 bits per heavy atom. The Morgan fingerprint density at radius 1 is 1.09 bits per heavy atom. The molecular formula is C22H25ClN4O5. The lowest BCUT2D eigenvalue weighted by Gasteiger charge is -2.11. The number of rotatable bonds is 9. The normalized spacial score (nSPS) is 10.7. The van der Waals surface area contributed by atoms with Crippen molar-refractivity contribution in [1.82, 2.24) is 10.7 Å². The zero-order valence-electron chi connectivity index (χ0n) is 18.0. The van der Waals surface area contributed by atoms with Gasteiger partial charge in [-0.15, -0.1) is 0 Å². The average Bonchev–Trinajstić information content (AvgIpc) is 2.76. The number of carbonyl (C=O) groups is 3. The highest BCUT2D eigenvalue weighted by molar-refractivity contribution is 6.35. The molecule has 2 aromatic carbocycles. The first-order valence-electron chi connectivity index (χ1n) is 9.76. The van der Waals surface area contributed by atoms with Gasteiger partial charge in [-0.25, -0.2) is 5.43 Å². The molecule has 10 heteroatoms. The van der Waals surface area contributed by atoms with Crippen molar-refractivity contribution in [3.63, 3.8) is 0 Å². The summed E-state index contributed by atoms with van der Waals surface area (Å²) in [6, 6.07) is 11.6. The number of amides is 3. The Hall–Kier alpha value is -3.59. The summed E-state index contributed by atoms with van der Waals surface area (Å²) in [4.78, 5) is 35.4. The van der Waals surface area contributed by atoms with E-state index >= 15 is 0 Å². The quantitative estimate of drug-likeness (QED) is 0.302.